The number of thiazole rings is 1. The van der Waals surface area contributed by atoms with Gasteiger partial charge in [0.05, 0.1) is 22.9 Å². The molecule has 1 saturated heterocycles. The molecule has 0 bridgehead atoms. The molecule has 124 valence electrons. The Hall–Kier alpha value is -2.30. The van der Waals surface area contributed by atoms with Gasteiger partial charge in [0.1, 0.15) is 5.01 Å². The van der Waals surface area contributed by atoms with Gasteiger partial charge >= 0.3 is 0 Å². The summed E-state index contributed by atoms with van der Waals surface area (Å²) < 4.78 is 5.93. The third kappa shape index (κ3) is 3.16. The number of hydrogen-bond donors (Lipinski definition) is 0. The van der Waals surface area contributed by atoms with Gasteiger partial charge in [0.15, 0.2) is 11.7 Å². The second-order valence-corrected chi connectivity index (χ2v) is 6.78. The maximum atomic E-state index is 12.8. The summed E-state index contributed by atoms with van der Waals surface area (Å²) >= 11 is 1.36. The maximum Gasteiger partial charge on any atom is 0.223 e. The summed E-state index contributed by atoms with van der Waals surface area (Å²) in [5.74, 6) is -1.65. The van der Waals surface area contributed by atoms with Crippen LogP contribution in [0.2, 0.25) is 0 Å². The summed E-state index contributed by atoms with van der Waals surface area (Å²) in [5.41, 5.74) is 0.787. The van der Waals surface area contributed by atoms with Gasteiger partial charge in [-0.25, -0.2) is 4.98 Å². The van der Waals surface area contributed by atoms with Crippen LogP contribution in [-0.4, -0.2) is 48.4 Å². The molecular weight excluding hydrogens is 326 g/mol. The molecule has 1 aromatic carbocycles. The molecule has 1 fully saturated rings. The van der Waals surface area contributed by atoms with E-state index in [0.717, 1.165) is 10.2 Å². The largest absolute Gasteiger partial charge is 0.383 e. The predicted octanol–water partition coefficient (Wildman–Crippen LogP) is 1.97. The monoisotopic (exact) mass is 343 g/mol. The highest BCUT2D eigenvalue weighted by Gasteiger charge is 2.38. The van der Waals surface area contributed by atoms with E-state index < -0.39 is 11.8 Å². The van der Waals surface area contributed by atoms with Crippen LogP contribution >= 0.6 is 11.3 Å². The minimum absolute atomic E-state index is 0.0635. The number of carbonyl (C=O) groups excluding carboxylic acids is 2. The number of ketones is 1. The maximum absolute atomic E-state index is 12.8. The number of fused-ring (bicyclic) bond motifs is 1. The van der Waals surface area contributed by atoms with Crippen molar-refractivity contribution in [3.8, 4) is 6.07 Å². The average Bonchev–Trinajstić information content (AvgIpc) is 3.17. The molecule has 6 nitrogen and oxygen atoms in total. The predicted molar refractivity (Wildman–Crippen MR) is 89.5 cm³/mol. The summed E-state index contributed by atoms with van der Waals surface area (Å²) in [6.45, 7) is 1.26. The van der Waals surface area contributed by atoms with Gasteiger partial charge in [-0.2, -0.15) is 5.26 Å². The van der Waals surface area contributed by atoms with E-state index in [-0.39, 0.29) is 18.1 Å². The van der Waals surface area contributed by atoms with Gasteiger partial charge < -0.3 is 9.64 Å². The molecule has 0 spiro atoms. The second-order valence-electron chi connectivity index (χ2n) is 5.72. The van der Waals surface area contributed by atoms with E-state index >= 15 is 0 Å². The van der Waals surface area contributed by atoms with E-state index in [9.17, 15) is 14.9 Å². The van der Waals surface area contributed by atoms with Crippen LogP contribution in [0.1, 0.15) is 17.3 Å². The van der Waals surface area contributed by atoms with Gasteiger partial charge in [-0.05, 0) is 12.1 Å². The molecule has 7 heteroatoms. The van der Waals surface area contributed by atoms with Crippen molar-refractivity contribution in [1.82, 2.24) is 9.88 Å². The molecule has 3 rings (SSSR count). The highest BCUT2D eigenvalue weighted by molar-refractivity contribution is 7.18. The van der Waals surface area contributed by atoms with Gasteiger partial charge in [0.25, 0.3) is 0 Å². The summed E-state index contributed by atoms with van der Waals surface area (Å²) in [4.78, 5) is 30.8. The lowest BCUT2D eigenvalue weighted by Gasteiger charge is -2.16. The molecule has 1 aliphatic rings. The quantitative estimate of drug-likeness (QED) is 0.801. The minimum Gasteiger partial charge on any atom is -0.383 e. The van der Waals surface area contributed by atoms with E-state index in [1.54, 1.807) is 12.0 Å². The summed E-state index contributed by atoms with van der Waals surface area (Å²) in [6.07, 6.45) is 0.158. The topological polar surface area (TPSA) is 83.3 Å². The number of hydrogen-bond acceptors (Lipinski definition) is 6. The Kier molecular flexibility index (Phi) is 4.88. The number of rotatable bonds is 6. The molecule has 0 unspecified atom stereocenters. The summed E-state index contributed by atoms with van der Waals surface area (Å²) in [6, 6.07) is 9.62. The van der Waals surface area contributed by atoms with Gasteiger partial charge in [-0.1, -0.05) is 12.1 Å². The fourth-order valence-corrected chi connectivity index (χ4v) is 3.89. The molecule has 1 aliphatic heterocycles. The average molecular weight is 343 g/mol. The number of likely N-dealkylation sites (tertiary alicyclic amines) is 1. The van der Waals surface area contributed by atoms with Crippen LogP contribution in [0.25, 0.3) is 10.2 Å². The first-order valence-corrected chi connectivity index (χ1v) is 8.51. The Balaban J connectivity index is 1.77. The number of ether oxygens (including phenoxy) is 1. The highest BCUT2D eigenvalue weighted by Crippen LogP contribution is 2.31. The number of aromatic nitrogens is 1. The van der Waals surface area contributed by atoms with Crippen LogP contribution in [0.4, 0.5) is 0 Å². The Bertz CT molecular complexity index is 778. The van der Waals surface area contributed by atoms with Gasteiger partial charge in [0, 0.05) is 32.5 Å². The number of benzene rings is 1. The fourth-order valence-electron chi connectivity index (χ4n) is 2.87. The van der Waals surface area contributed by atoms with Crippen LogP contribution in [-0.2, 0) is 14.3 Å². The van der Waals surface area contributed by atoms with Crippen molar-refractivity contribution in [3.05, 3.63) is 29.3 Å². The Labute approximate surface area is 143 Å². The van der Waals surface area contributed by atoms with E-state index in [4.69, 9.17) is 4.74 Å². The number of carbonyl (C=O) groups is 2. The van der Waals surface area contributed by atoms with Gasteiger partial charge in [0.2, 0.25) is 5.91 Å². The first-order chi connectivity index (χ1) is 11.6. The first-order valence-electron chi connectivity index (χ1n) is 7.69. The third-order valence-corrected chi connectivity index (χ3v) is 5.25. The molecule has 2 heterocycles. The molecule has 2 atom stereocenters. The Morgan fingerprint density at radius 3 is 3.04 bits per heavy atom. The van der Waals surface area contributed by atoms with E-state index in [1.807, 2.05) is 24.3 Å². The number of para-hydroxylation sites is 1. The SMILES string of the molecule is COCCN1C[C@H](C(=O)[C@H](C#N)c2nc3ccccc3s2)CC1=O. The van der Waals surface area contributed by atoms with E-state index in [2.05, 4.69) is 11.1 Å². The van der Waals surface area contributed by atoms with Crippen LogP contribution in [0.15, 0.2) is 24.3 Å². The second kappa shape index (κ2) is 7.07. The highest BCUT2D eigenvalue weighted by atomic mass is 32.1. The molecular formula is C17H17N3O3S. The zero-order valence-corrected chi connectivity index (χ0v) is 14.1. The first kappa shape index (κ1) is 16.6. The zero-order valence-electron chi connectivity index (χ0n) is 13.3. The molecule has 1 amide bonds. The lowest BCUT2D eigenvalue weighted by atomic mass is 9.93. The van der Waals surface area contributed by atoms with Crippen molar-refractivity contribution in [1.29, 1.82) is 5.26 Å². The van der Waals surface area contributed by atoms with Crippen LogP contribution < -0.4 is 0 Å². The normalized spacial score (nSPS) is 18.8. The Morgan fingerprint density at radius 1 is 1.54 bits per heavy atom. The molecule has 24 heavy (non-hydrogen) atoms. The smallest absolute Gasteiger partial charge is 0.223 e. The fraction of sp³-hybridized carbons (Fsp3) is 0.412. The third-order valence-electron chi connectivity index (χ3n) is 4.15. The Morgan fingerprint density at radius 2 is 2.33 bits per heavy atom. The van der Waals surface area contributed by atoms with Crippen LogP contribution in [0.5, 0.6) is 0 Å². The molecule has 2 aromatic rings. The van der Waals surface area contributed by atoms with Crippen LogP contribution in [0, 0.1) is 17.2 Å². The lowest BCUT2D eigenvalue weighted by molar-refractivity contribution is -0.129. The van der Waals surface area contributed by atoms with Crippen molar-refractivity contribution in [3.63, 3.8) is 0 Å². The molecule has 0 radical (unpaired) electrons. The number of methoxy groups -OCH3 is 1. The molecule has 0 aliphatic carbocycles. The number of nitrogens with zero attached hydrogens (tertiary/aromatic N) is 3. The standard InChI is InChI=1S/C17H17N3O3S/c1-23-7-6-20-10-11(8-15(20)21)16(22)12(9-18)17-19-13-4-2-3-5-14(13)24-17/h2-5,11-12H,6-8,10H2,1H3/t11-,12+/m1/s1. The number of amides is 1. The summed E-state index contributed by atoms with van der Waals surface area (Å²) in [5, 5.41) is 9.99. The minimum atomic E-state index is -0.914. The van der Waals surface area contributed by atoms with Crippen molar-refractivity contribution in [2.45, 2.75) is 12.3 Å². The summed E-state index contributed by atoms with van der Waals surface area (Å²) in [7, 11) is 1.57. The zero-order chi connectivity index (χ0) is 17.1. The van der Waals surface area contributed by atoms with Gasteiger partial charge in [-0.15, -0.1) is 11.3 Å². The lowest BCUT2D eigenvalue weighted by Crippen LogP contribution is -2.30. The molecule has 1 aromatic heterocycles. The molecule has 0 N–H and O–H groups in total. The van der Waals surface area contributed by atoms with Crippen LogP contribution in [0.3, 0.4) is 0 Å². The number of nitriles is 1. The van der Waals surface area contributed by atoms with E-state index in [1.165, 1.54) is 11.3 Å². The van der Waals surface area contributed by atoms with Gasteiger partial charge in [-0.3, -0.25) is 9.59 Å². The molecule has 0 saturated carbocycles. The van der Waals surface area contributed by atoms with Crippen molar-refractivity contribution in [2.75, 3.05) is 26.8 Å². The van der Waals surface area contributed by atoms with Crippen molar-refractivity contribution < 1.29 is 14.3 Å². The van der Waals surface area contributed by atoms with E-state index in [0.29, 0.717) is 24.7 Å². The van der Waals surface area contributed by atoms with Crippen molar-refractivity contribution >= 4 is 33.2 Å². The number of Topliss-reactive ketones (excluding diaryl/α,β-unsaturated/α-hetero) is 1. The van der Waals surface area contributed by atoms with Crippen molar-refractivity contribution in [2.24, 2.45) is 5.92 Å².